The summed E-state index contributed by atoms with van der Waals surface area (Å²) >= 11 is 0. The number of primary amides is 1. The first-order valence-electron chi connectivity index (χ1n) is 11.2. The van der Waals surface area contributed by atoms with Gasteiger partial charge in [0, 0.05) is 11.9 Å². The summed E-state index contributed by atoms with van der Waals surface area (Å²) in [7, 11) is 1.41. The second-order valence-corrected chi connectivity index (χ2v) is 9.52. The lowest BCUT2D eigenvalue weighted by Crippen LogP contribution is -2.49. The van der Waals surface area contributed by atoms with E-state index >= 15 is 0 Å². The van der Waals surface area contributed by atoms with Gasteiger partial charge in [-0.2, -0.15) is 5.10 Å². The van der Waals surface area contributed by atoms with Gasteiger partial charge in [-0.15, -0.1) is 0 Å². The number of amides is 1. The zero-order valence-electron chi connectivity index (χ0n) is 20.0. The lowest BCUT2D eigenvalue weighted by Gasteiger charge is -2.37. The Hall–Kier alpha value is -2.85. The number of rotatable bonds is 9. The van der Waals surface area contributed by atoms with Crippen molar-refractivity contribution in [3.8, 4) is 0 Å². The van der Waals surface area contributed by atoms with E-state index in [-0.39, 0.29) is 13.5 Å². The fraction of sp³-hybridized carbons (Fsp3) is 0.522. The number of nitrogens with zero attached hydrogens (tertiary/aromatic N) is 2. The third-order valence-corrected chi connectivity index (χ3v) is 6.54. The fourth-order valence-corrected chi connectivity index (χ4v) is 3.67. The molecule has 9 nitrogen and oxygen atoms in total. The first-order valence-corrected chi connectivity index (χ1v) is 11.2. The van der Waals surface area contributed by atoms with E-state index < -0.39 is 23.1 Å². The highest BCUT2D eigenvalue weighted by Crippen LogP contribution is 2.31. The second kappa shape index (κ2) is 9.57. The molecule has 10 heteroatoms. The quantitative estimate of drug-likeness (QED) is 0.390. The number of carbonyl (C=O) groups excluding carboxylic acids is 2. The monoisotopic (exact) mass is 456 g/mol. The van der Waals surface area contributed by atoms with Crippen LogP contribution in [-0.2, 0) is 9.39 Å². The summed E-state index contributed by atoms with van der Waals surface area (Å²) in [5.41, 5.74) is 5.42. The van der Waals surface area contributed by atoms with E-state index in [1.54, 1.807) is 56.8 Å². The van der Waals surface area contributed by atoms with Crippen molar-refractivity contribution in [2.75, 3.05) is 12.4 Å². The Morgan fingerprint density at radius 1 is 1.21 bits per heavy atom. The van der Waals surface area contributed by atoms with Gasteiger partial charge in [0.05, 0.1) is 29.9 Å². The standard InChI is InChI=1S/C23H33BN4O5/c1-22(2,31)23(3,4)33-24-18-11-10-14(12-16(18)21(30)32-5)26-20-17(19(25)29)13-28(27-20)15-8-6-7-9-15/h10-13,15,24,31H,6-9H2,1-5H3,(H2,25,29)(H,26,27). The van der Waals surface area contributed by atoms with Crippen molar-refractivity contribution in [2.45, 2.75) is 70.6 Å². The van der Waals surface area contributed by atoms with Crippen molar-refractivity contribution < 1.29 is 24.1 Å². The van der Waals surface area contributed by atoms with Crippen LogP contribution in [0.4, 0.5) is 11.5 Å². The van der Waals surface area contributed by atoms with Gasteiger partial charge in [0.2, 0.25) is 0 Å². The number of hydrogen-bond acceptors (Lipinski definition) is 7. The summed E-state index contributed by atoms with van der Waals surface area (Å²) < 4.78 is 12.7. The number of ether oxygens (including phenoxy) is 1. The average molecular weight is 456 g/mol. The molecule has 0 radical (unpaired) electrons. The molecule has 4 N–H and O–H groups in total. The summed E-state index contributed by atoms with van der Waals surface area (Å²) in [6.45, 7) is 6.91. The first-order chi connectivity index (χ1) is 15.4. The van der Waals surface area contributed by atoms with Gasteiger partial charge in [0.1, 0.15) is 5.56 Å². The molecule has 0 unspecified atom stereocenters. The summed E-state index contributed by atoms with van der Waals surface area (Å²) in [6, 6.07) is 5.39. The smallest absolute Gasteiger partial charge is 0.337 e. The van der Waals surface area contributed by atoms with E-state index in [4.69, 9.17) is 15.1 Å². The highest BCUT2D eigenvalue weighted by Gasteiger charge is 2.36. The molecule has 1 saturated carbocycles. The van der Waals surface area contributed by atoms with Crippen molar-refractivity contribution in [3.05, 3.63) is 35.5 Å². The van der Waals surface area contributed by atoms with E-state index in [9.17, 15) is 14.7 Å². The predicted octanol–water partition coefficient (Wildman–Crippen LogP) is 2.17. The molecule has 3 rings (SSSR count). The molecule has 1 aromatic carbocycles. The Bertz CT molecular complexity index is 1020. The molecule has 0 saturated heterocycles. The first kappa shape index (κ1) is 24.8. The summed E-state index contributed by atoms with van der Waals surface area (Å²) in [5, 5.41) is 18.0. The van der Waals surface area contributed by atoms with Crippen LogP contribution in [0.25, 0.3) is 0 Å². The Morgan fingerprint density at radius 3 is 2.45 bits per heavy atom. The van der Waals surface area contributed by atoms with Crippen LogP contribution in [0, 0.1) is 0 Å². The highest BCUT2D eigenvalue weighted by atomic mass is 16.5. The zero-order chi connectivity index (χ0) is 24.4. The molecule has 0 spiro atoms. The number of esters is 1. The van der Waals surface area contributed by atoms with Crippen LogP contribution < -0.4 is 16.5 Å². The van der Waals surface area contributed by atoms with Crippen LogP contribution in [0.3, 0.4) is 0 Å². The van der Waals surface area contributed by atoms with Crippen molar-refractivity contribution >= 4 is 36.3 Å². The molecule has 0 atom stereocenters. The topological polar surface area (TPSA) is 129 Å². The molecule has 2 aromatic rings. The number of aliphatic hydroxyl groups is 1. The van der Waals surface area contributed by atoms with Crippen molar-refractivity contribution in [1.29, 1.82) is 0 Å². The van der Waals surface area contributed by atoms with Crippen LogP contribution in [0.1, 0.15) is 80.1 Å². The summed E-state index contributed by atoms with van der Waals surface area (Å²) in [5.74, 6) is -0.754. The minimum atomic E-state index is -1.08. The van der Waals surface area contributed by atoms with Gasteiger partial charge in [0.25, 0.3) is 5.91 Å². The molecule has 1 aliphatic carbocycles. The molecule has 1 aliphatic rings. The minimum absolute atomic E-state index is 0.102. The molecule has 1 fully saturated rings. The largest absolute Gasteiger partial charge is 0.465 e. The summed E-state index contributed by atoms with van der Waals surface area (Å²) in [6.07, 6.45) is 5.98. The third kappa shape index (κ3) is 5.56. The molecular weight excluding hydrogens is 423 g/mol. The Labute approximate surface area is 194 Å². The van der Waals surface area contributed by atoms with Crippen molar-refractivity contribution in [3.63, 3.8) is 0 Å². The molecule has 1 heterocycles. The molecule has 1 aromatic heterocycles. The van der Waals surface area contributed by atoms with E-state index in [1.165, 1.54) is 7.11 Å². The van der Waals surface area contributed by atoms with Crippen LogP contribution >= 0.6 is 0 Å². The van der Waals surface area contributed by atoms with Crippen LogP contribution in [0.5, 0.6) is 0 Å². The maximum Gasteiger partial charge on any atom is 0.337 e. The molecule has 33 heavy (non-hydrogen) atoms. The molecule has 1 amide bonds. The molecule has 178 valence electrons. The molecular formula is C23H33BN4O5. The van der Waals surface area contributed by atoms with Crippen LogP contribution in [0.2, 0.25) is 0 Å². The zero-order valence-corrected chi connectivity index (χ0v) is 20.0. The maximum atomic E-state index is 12.5. The second-order valence-electron chi connectivity index (χ2n) is 9.52. The van der Waals surface area contributed by atoms with Gasteiger partial charge >= 0.3 is 13.5 Å². The van der Waals surface area contributed by atoms with Gasteiger partial charge < -0.3 is 25.5 Å². The lowest BCUT2D eigenvalue weighted by atomic mass is 9.80. The van der Waals surface area contributed by atoms with E-state index in [1.807, 2.05) is 0 Å². The number of nitrogens with one attached hydrogen (secondary N) is 1. The van der Waals surface area contributed by atoms with Gasteiger partial charge in [0.15, 0.2) is 5.82 Å². The summed E-state index contributed by atoms with van der Waals surface area (Å²) in [4.78, 5) is 24.5. The Balaban J connectivity index is 1.87. The number of nitrogens with two attached hydrogens (primary N) is 1. The van der Waals surface area contributed by atoms with Crippen LogP contribution in [-0.4, -0.2) is 52.6 Å². The molecule has 0 aliphatic heterocycles. The van der Waals surface area contributed by atoms with E-state index in [2.05, 4.69) is 10.4 Å². The van der Waals surface area contributed by atoms with Gasteiger partial charge in [-0.05, 0) is 58.1 Å². The van der Waals surface area contributed by atoms with Gasteiger partial charge in [-0.25, -0.2) is 4.79 Å². The predicted molar refractivity (Wildman–Crippen MR) is 128 cm³/mol. The third-order valence-electron chi connectivity index (χ3n) is 6.54. The van der Waals surface area contributed by atoms with E-state index in [0.717, 1.165) is 25.7 Å². The molecule has 0 bridgehead atoms. The van der Waals surface area contributed by atoms with E-state index in [0.29, 0.717) is 28.1 Å². The number of aromatic nitrogens is 2. The normalized spacial score (nSPS) is 14.8. The van der Waals surface area contributed by atoms with Crippen molar-refractivity contribution in [2.24, 2.45) is 5.73 Å². The number of benzene rings is 1. The number of anilines is 2. The lowest BCUT2D eigenvalue weighted by molar-refractivity contribution is -0.0893. The SMILES string of the molecule is COC(=O)c1cc(Nc2nn(C3CCCC3)cc2C(N)=O)ccc1BOC(C)(C)C(C)(C)O. The Morgan fingerprint density at radius 2 is 1.88 bits per heavy atom. The highest BCUT2D eigenvalue weighted by molar-refractivity contribution is 6.49. The average Bonchev–Trinajstić information content (AvgIpc) is 3.41. The number of methoxy groups -OCH3 is 1. The maximum absolute atomic E-state index is 12.5. The fourth-order valence-electron chi connectivity index (χ4n) is 3.67. The van der Waals surface area contributed by atoms with Crippen molar-refractivity contribution in [1.82, 2.24) is 9.78 Å². The Kier molecular flexibility index (Phi) is 7.19. The van der Waals surface area contributed by atoms with Gasteiger partial charge in [-0.1, -0.05) is 18.9 Å². The van der Waals surface area contributed by atoms with Crippen LogP contribution in [0.15, 0.2) is 24.4 Å². The number of hydrogen-bond donors (Lipinski definition) is 3. The number of carbonyl (C=O) groups is 2. The minimum Gasteiger partial charge on any atom is -0.465 e. The van der Waals surface area contributed by atoms with Gasteiger partial charge in [-0.3, -0.25) is 9.48 Å².